The van der Waals surface area contributed by atoms with Crippen LogP contribution in [0.15, 0.2) is 12.1 Å². The van der Waals surface area contributed by atoms with Crippen molar-refractivity contribution in [1.29, 1.82) is 0 Å². The Morgan fingerprint density at radius 3 is 2.60 bits per heavy atom. The van der Waals surface area contributed by atoms with Crippen LogP contribution in [0.2, 0.25) is 5.15 Å². The highest BCUT2D eigenvalue weighted by Gasteiger charge is 2.33. The third-order valence-corrected chi connectivity index (χ3v) is 1.75. The molecular weight excluding hydrogens is 247 g/mol. The topological polar surface area (TPSA) is 12.9 Å². The summed E-state index contributed by atoms with van der Waals surface area (Å²) < 4.78 is 36.9. The van der Waals surface area contributed by atoms with Crippen LogP contribution in [0.5, 0.6) is 0 Å². The third-order valence-electron chi connectivity index (χ3n) is 1.40. The Labute approximate surface area is 95.1 Å². The van der Waals surface area contributed by atoms with Gasteiger partial charge in [-0.05, 0) is 12.1 Å². The fourth-order valence-electron chi connectivity index (χ4n) is 0.856. The van der Waals surface area contributed by atoms with Gasteiger partial charge in [0.1, 0.15) is 10.8 Å². The number of aromatic nitrogens is 1. The molecule has 1 nitrogen and oxygen atoms in total. The van der Waals surface area contributed by atoms with Crippen molar-refractivity contribution in [3.05, 3.63) is 28.5 Å². The summed E-state index contributed by atoms with van der Waals surface area (Å²) in [6.45, 7) is 0. The first kappa shape index (κ1) is 12.2. The molecule has 1 aromatic heterocycles. The summed E-state index contributed by atoms with van der Waals surface area (Å²) in [6.07, 6.45) is -4.51. The van der Waals surface area contributed by atoms with Gasteiger partial charge in [0, 0.05) is 5.56 Å². The van der Waals surface area contributed by atoms with Crippen molar-refractivity contribution in [1.82, 2.24) is 4.98 Å². The minimum atomic E-state index is -4.51. The molecule has 0 aromatic carbocycles. The van der Waals surface area contributed by atoms with Crippen LogP contribution in [0.25, 0.3) is 0 Å². The SMILES string of the molecule is FC(F)(F)c1cc(C#CCS)cc(Cl)n1. The van der Waals surface area contributed by atoms with Gasteiger partial charge in [-0.15, -0.1) is 0 Å². The minimum Gasteiger partial charge on any atom is -0.232 e. The van der Waals surface area contributed by atoms with Gasteiger partial charge in [0.05, 0.1) is 5.75 Å². The molecule has 1 heterocycles. The van der Waals surface area contributed by atoms with E-state index in [2.05, 4.69) is 29.5 Å². The molecule has 1 aromatic rings. The molecule has 0 fully saturated rings. The van der Waals surface area contributed by atoms with Crippen molar-refractivity contribution in [2.24, 2.45) is 0 Å². The van der Waals surface area contributed by atoms with Crippen LogP contribution >= 0.6 is 24.2 Å². The van der Waals surface area contributed by atoms with E-state index in [1.165, 1.54) is 6.07 Å². The predicted molar refractivity (Wildman–Crippen MR) is 55.0 cm³/mol. The van der Waals surface area contributed by atoms with E-state index in [0.717, 1.165) is 6.07 Å². The summed E-state index contributed by atoms with van der Waals surface area (Å²) in [5.41, 5.74) is -0.866. The Balaban J connectivity index is 3.17. The largest absolute Gasteiger partial charge is 0.433 e. The van der Waals surface area contributed by atoms with Crippen molar-refractivity contribution in [2.75, 3.05) is 5.75 Å². The molecule has 0 aliphatic carbocycles. The molecule has 0 radical (unpaired) electrons. The van der Waals surface area contributed by atoms with Crippen LogP contribution in [0.3, 0.4) is 0 Å². The predicted octanol–water partition coefficient (Wildman–Crippen LogP) is 3.04. The number of hydrogen-bond donors (Lipinski definition) is 1. The van der Waals surface area contributed by atoms with E-state index in [-0.39, 0.29) is 16.5 Å². The zero-order valence-corrected chi connectivity index (χ0v) is 8.92. The zero-order chi connectivity index (χ0) is 11.5. The smallest absolute Gasteiger partial charge is 0.232 e. The number of alkyl halides is 3. The van der Waals surface area contributed by atoms with Crippen LogP contribution in [0, 0.1) is 11.8 Å². The second-order valence-corrected chi connectivity index (χ2v) is 3.22. The molecule has 0 aliphatic rings. The second-order valence-electron chi connectivity index (χ2n) is 2.52. The van der Waals surface area contributed by atoms with E-state index in [9.17, 15) is 13.2 Å². The lowest BCUT2D eigenvalue weighted by Gasteiger charge is -2.05. The number of nitrogens with zero attached hydrogens (tertiary/aromatic N) is 1. The van der Waals surface area contributed by atoms with Gasteiger partial charge < -0.3 is 0 Å². The summed E-state index contributed by atoms with van der Waals surface area (Å²) in [5.74, 6) is 5.29. The molecule has 0 saturated carbocycles. The molecule has 15 heavy (non-hydrogen) atoms. The molecule has 0 atom stereocenters. The fraction of sp³-hybridized carbons (Fsp3) is 0.222. The van der Waals surface area contributed by atoms with Gasteiger partial charge in [-0.2, -0.15) is 25.8 Å². The summed E-state index contributed by atoms with van der Waals surface area (Å²) >= 11 is 9.25. The Hall–Kier alpha value is -0.860. The van der Waals surface area contributed by atoms with E-state index in [1.807, 2.05) is 0 Å². The lowest BCUT2D eigenvalue weighted by atomic mass is 10.2. The molecule has 0 saturated heterocycles. The first-order chi connectivity index (χ1) is 6.93. The van der Waals surface area contributed by atoms with Crippen molar-refractivity contribution in [3.63, 3.8) is 0 Å². The maximum absolute atomic E-state index is 12.3. The maximum Gasteiger partial charge on any atom is 0.433 e. The molecule has 0 amide bonds. The normalized spacial score (nSPS) is 10.7. The highest BCUT2D eigenvalue weighted by molar-refractivity contribution is 7.80. The molecule has 0 aliphatic heterocycles. The minimum absolute atomic E-state index is 0.177. The van der Waals surface area contributed by atoms with Crippen molar-refractivity contribution < 1.29 is 13.2 Å². The lowest BCUT2D eigenvalue weighted by Crippen LogP contribution is -2.08. The highest BCUT2D eigenvalue weighted by atomic mass is 35.5. The molecule has 80 valence electrons. The Kier molecular flexibility index (Phi) is 3.89. The number of pyridine rings is 1. The Morgan fingerprint density at radius 1 is 1.40 bits per heavy atom. The monoisotopic (exact) mass is 251 g/mol. The summed E-state index contributed by atoms with van der Waals surface area (Å²) in [7, 11) is 0. The fourth-order valence-corrected chi connectivity index (χ4v) is 1.14. The van der Waals surface area contributed by atoms with Gasteiger partial charge in [0.25, 0.3) is 0 Å². The first-order valence-corrected chi connectivity index (χ1v) is 4.79. The maximum atomic E-state index is 12.3. The molecule has 0 unspecified atom stereocenters. The van der Waals surface area contributed by atoms with E-state index in [0.29, 0.717) is 0 Å². The Bertz CT molecular complexity index is 420. The van der Waals surface area contributed by atoms with Crippen molar-refractivity contribution in [2.45, 2.75) is 6.18 Å². The highest BCUT2D eigenvalue weighted by Crippen LogP contribution is 2.29. The van der Waals surface area contributed by atoms with Gasteiger partial charge >= 0.3 is 6.18 Å². The Morgan fingerprint density at radius 2 is 2.07 bits per heavy atom. The van der Waals surface area contributed by atoms with Gasteiger partial charge in [-0.25, -0.2) is 4.98 Å². The molecule has 6 heteroatoms. The molecular formula is C9H5ClF3NS. The zero-order valence-electron chi connectivity index (χ0n) is 7.27. The molecule has 1 rings (SSSR count). The van der Waals surface area contributed by atoms with Crippen LogP contribution in [-0.4, -0.2) is 10.7 Å². The van der Waals surface area contributed by atoms with E-state index >= 15 is 0 Å². The standard InChI is InChI=1S/C9H5ClF3NS/c10-8-5-6(2-1-3-15)4-7(14-8)9(11,12)13/h4-5,15H,3H2. The van der Waals surface area contributed by atoms with Crippen molar-refractivity contribution in [3.8, 4) is 11.8 Å². The van der Waals surface area contributed by atoms with Gasteiger partial charge in [0.2, 0.25) is 0 Å². The van der Waals surface area contributed by atoms with E-state index in [4.69, 9.17) is 11.6 Å². The van der Waals surface area contributed by atoms with Crippen LogP contribution in [0.1, 0.15) is 11.3 Å². The molecule has 0 bridgehead atoms. The molecule has 0 spiro atoms. The quantitative estimate of drug-likeness (QED) is 0.425. The lowest BCUT2D eigenvalue weighted by molar-refractivity contribution is -0.141. The summed E-state index contributed by atoms with van der Waals surface area (Å²) in [4.78, 5) is 3.17. The number of halogens is 4. The summed E-state index contributed by atoms with van der Waals surface area (Å²) in [5, 5.41) is -0.228. The van der Waals surface area contributed by atoms with Crippen LogP contribution in [-0.2, 0) is 6.18 Å². The van der Waals surface area contributed by atoms with Crippen LogP contribution < -0.4 is 0 Å². The van der Waals surface area contributed by atoms with Gasteiger partial charge in [-0.3, -0.25) is 0 Å². The van der Waals surface area contributed by atoms with Crippen molar-refractivity contribution >= 4 is 24.2 Å². The van der Waals surface area contributed by atoms with E-state index in [1.54, 1.807) is 0 Å². The number of thiol groups is 1. The van der Waals surface area contributed by atoms with E-state index < -0.39 is 11.9 Å². The second kappa shape index (κ2) is 4.77. The first-order valence-electron chi connectivity index (χ1n) is 3.78. The summed E-state index contributed by atoms with van der Waals surface area (Å²) in [6, 6.07) is 2.12. The van der Waals surface area contributed by atoms with Crippen LogP contribution in [0.4, 0.5) is 13.2 Å². The average molecular weight is 252 g/mol. The average Bonchev–Trinajstić information content (AvgIpc) is 2.12. The number of rotatable bonds is 0. The molecule has 0 N–H and O–H groups in total. The third kappa shape index (κ3) is 3.65. The number of hydrogen-bond acceptors (Lipinski definition) is 2. The van der Waals surface area contributed by atoms with Gasteiger partial charge in [0.15, 0.2) is 0 Å². The van der Waals surface area contributed by atoms with Gasteiger partial charge in [-0.1, -0.05) is 23.4 Å².